The molecule has 0 aromatic heterocycles. The van der Waals surface area contributed by atoms with E-state index in [0.717, 1.165) is 12.0 Å². The Kier molecular flexibility index (Phi) is 5.16. The smallest absolute Gasteiger partial charge is 0.237 e. The highest BCUT2D eigenvalue weighted by Gasteiger charge is 2.37. The van der Waals surface area contributed by atoms with Crippen LogP contribution in [0.25, 0.3) is 0 Å². The Morgan fingerprint density at radius 3 is 2.96 bits per heavy atom. The summed E-state index contributed by atoms with van der Waals surface area (Å²) in [4.78, 5) is 12.3. The van der Waals surface area contributed by atoms with Gasteiger partial charge in [-0.05, 0) is 49.3 Å². The molecule has 23 heavy (non-hydrogen) atoms. The standard InChI is InChI=1S/C18H25FN2O2/c1-23-17-7-6-12(10-14(17)19)8-9-20-18(22)16-11-13-4-2-3-5-15(13)21-16/h6-7,10,13,15-16,21H,2-5,8-9,11H2,1H3,(H,20,22). The van der Waals surface area contributed by atoms with Crippen LogP contribution in [0.15, 0.2) is 18.2 Å². The maximum atomic E-state index is 13.6. The van der Waals surface area contributed by atoms with Crippen molar-refractivity contribution < 1.29 is 13.9 Å². The van der Waals surface area contributed by atoms with Crippen LogP contribution in [0.4, 0.5) is 4.39 Å². The highest BCUT2D eigenvalue weighted by Crippen LogP contribution is 2.33. The fourth-order valence-electron chi connectivity index (χ4n) is 3.84. The molecule has 0 bridgehead atoms. The molecule has 1 heterocycles. The molecule has 4 nitrogen and oxygen atoms in total. The monoisotopic (exact) mass is 320 g/mol. The van der Waals surface area contributed by atoms with E-state index in [9.17, 15) is 9.18 Å². The van der Waals surface area contributed by atoms with E-state index in [1.165, 1.54) is 38.9 Å². The Balaban J connectivity index is 1.45. The Labute approximate surface area is 136 Å². The van der Waals surface area contributed by atoms with Gasteiger partial charge in [-0.25, -0.2) is 4.39 Å². The first-order valence-corrected chi connectivity index (χ1v) is 8.53. The zero-order valence-electron chi connectivity index (χ0n) is 13.6. The topological polar surface area (TPSA) is 50.4 Å². The number of hydrogen-bond acceptors (Lipinski definition) is 3. The third-order valence-electron chi connectivity index (χ3n) is 5.11. The highest BCUT2D eigenvalue weighted by atomic mass is 19.1. The first-order valence-electron chi connectivity index (χ1n) is 8.53. The number of halogens is 1. The quantitative estimate of drug-likeness (QED) is 0.876. The molecule has 3 unspecified atom stereocenters. The van der Waals surface area contributed by atoms with Gasteiger partial charge in [-0.1, -0.05) is 18.9 Å². The molecule has 1 aliphatic heterocycles. The summed E-state index contributed by atoms with van der Waals surface area (Å²) in [5.74, 6) is 0.622. The second-order valence-corrected chi connectivity index (χ2v) is 6.62. The summed E-state index contributed by atoms with van der Waals surface area (Å²) in [6.45, 7) is 0.526. The average molecular weight is 320 g/mol. The van der Waals surface area contributed by atoms with Gasteiger partial charge >= 0.3 is 0 Å². The molecule has 3 rings (SSSR count). The van der Waals surface area contributed by atoms with Gasteiger partial charge in [0, 0.05) is 12.6 Å². The number of carbonyl (C=O) groups is 1. The molecule has 2 fully saturated rings. The van der Waals surface area contributed by atoms with Crippen LogP contribution in [-0.2, 0) is 11.2 Å². The van der Waals surface area contributed by atoms with Crippen LogP contribution in [0.1, 0.15) is 37.7 Å². The molecule has 5 heteroatoms. The molecule has 0 spiro atoms. The Morgan fingerprint density at radius 2 is 2.22 bits per heavy atom. The molecule has 2 N–H and O–H groups in total. The van der Waals surface area contributed by atoms with E-state index in [1.54, 1.807) is 6.07 Å². The summed E-state index contributed by atoms with van der Waals surface area (Å²) in [6.07, 6.45) is 6.57. The molecule has 0 radical (unpaired) electrons. The molecule has 3 atom stereocenters. The lowest BCUT2D eigenvalue weighted by Crippen LogP contribution is -2.43. The zero-order chi connectivity index (χ0) is 16.2. The van der Waals surface area contributed by atoms with Crippen molar-refractivity contribution in [2.24, 2.45) is 5.92 Å². The molecule has 126 valence electrons. The van der Waals surface area contributed by atoms with Crippen molar-refractivity contribution in [3.05, 3.63) is 29.6 Å². The number of hydrogen-bond donors (Lipinski definition) is 2. The van der Waals surface area contributed by atoms with Gasteiger partial charge in [0.25, 0.3) is 0 Å². The lowest BCUT2D eigenvalue weighted by Gasteiger charge is -2.24. The van der Waals surface area contributed by atoms with Crippen molar-refractivity contribution in [1.82, 2.24) is 10.6 Å². The first-order chi connectivity index (χ1) is 11.2. The number of methoxy groups -OCH3 is 1. The van der Waals surface area contributed by atoms with Gasteiger partial charge in [0.15, 0.2) is 11.6 Å². The summed E-state index contributed by atoms with van der Waals surface area (Å²) >= 11 is 0. The van der Waals surface area contributed by atoms with Crippen LogP contribution in [-0.4, -0.2) is 31.6 Å². The van der Waals surface area contributed by atoms with Gasteiger partial charge in [-0.15, -0.1) is 0 Å². The van der Waals surface area contributed by atoms with E-state index in [1.807, 2.05) is 6.07 Å². The van der Waals surface area contributed by atoms with Crippen LogP contribution >= 0.6 is 0 Å². The average Bonchev–Trinajstić information content (AvgIpc) is 2.99. The van der Waals surface area contributed by atoms with Crippen LogP contribution in [0, 0.1) is 11.7 Å². The van der Waals surface area contributed by atoms with Crippen molar-refractivity contribution in [2.75, 3.05) is 13.7 Å². The van der Waals surface area contributed by atoms with Crippen LogP contribution < -0.4 is 15.4 Å². The largest absolute Gasteiger partial charge is 0.494 e. The number of nitrogens with one attached hydrogen (secondary N) is 2. The van der Waals surface area contributed by atoms with E-state index < -0.39 is 0 Å². The van der Waals surface area contributed by atoms with E-state index in [4.69, 9.17) is 4.74 Å². The van der Waals surface area contributed by atoms with E-state index >= 15 is 0 Å². The summed E-state index contributed by atoms with van der Waals surface area (Å²) in [7, 11) is 1.45. The summed E-state index contributed by atoms with van der Waals surface area (Å²) in [5.41, 5.74) is 0.858. The minimum Gasteiger partial charge on any atom is -0.494 e. The lowest BCUT2D eigenvalue weighted by molar-refractivity contribution is -0.122. The second-order valence-electron chi connectivity index (χ2n) is 6.62. The predicted octanol–water partition coefficient (Wildman–Crippen LogP) is 2.41. The van der Waals surface area contributed by atoms with E-state index in [-0.39, 0.29) is 23.5 Å². The zero-order valence-corrected chi connectivity index (χ0v) is 13.6. The van der Waals surface area contributed by atoms with Crippen molar-refractivity contribution in [3.8, 4) is 5.75 Å². The Bertz CT molecular complexity index is 550. The molecule has 1 saturated carbocycles. The second kappa shape index (κ2) is 7.30. The van der Waals surface area contributed by atoms with Gasteiger partial charge < -0.3 is 15.4 Å². The van der Waals surface area contributed by atoms with Gasteiger partial charge in [0.05, 0.1) is 13.2 Å². The predicted molar refractivity (Wildman–Crippen MR) is 87.0 cm³/mol. The van der Waals surface area contributed by atoms with Crippen molar-refractivity contribution in [2.45, 2.75) is 50.6 Å². The lowest BCUT2D eigenvalue weighted by atomic mass is 9.85. The Morgan fingerprint density at radius 1 is 1.39 bits per heavy atom. The highest BCUT2D eigenvalue weighted by molar-refractivity contribution is 5.82. The van der Waals surface area contributed by atoms with Crippen molar-refractivity contribution in [1.29, 1.82) is 0 Å². The van der Waals surface area contributed by atoms with Gasteiger partial charge in [-0.3, -0.25) is 4.79 Å². The van der Waals surface area contributed by atoms with Crippen molar-refractivity contribution in [3.63, 3.8) is 0 Å². The SMILES string of the molecule is COc1ccc(CCNC(=O)C2CC3CCCCC3N2)cc1F. The van der Waals surface area contributed by atoms with Crippen LogP contribution in [0.3, 0.4) is 0 Å². The molecule has 1 saturated heterocycles. The summed E-state index contributed by atoms with van der Waals surface area (Å²) < 4.78 is 18.5. The third kappa shape index (κ3) is 3.83. The molecule has 1 amide bonds. The minimum absolute atomic E-state index is 0.0595. The number of fused-ring (bicyclic) bond motifs is 1. The van der Waals surface area contributed by atoms with E-state index in [2.05, 4.69) is 10.6 Å². The van der Waals surface area contributed by atoms with Crippen molar-refractivity contribution >= 4 is 5.91 Å². The third-order valence-corrected chi connectivity index (χ3v) is 5.11. The maximum Gasteiger partial charge on any atom is 0.237 e. The molecule has 1 aromatic carbocycles. The number of carbonyl (C=O) groups excluding carboxylic acids is 1. The van der Waals surface area contributed by atoms with Gasteiger partial charge in [0.2, 0.25) is 5.91 Å². The van der Waals surface area contributed by atoms with Crippen LogP contribution in [0.5, 0.6) is 5.75 Å². The number of rotatable bonds is 5. The molecule has 2 aliphatic rings. The summed E-state index contributed by atoms with van der Waals surface area (Å²) in [6, 6.07) is 5.38. The number of amides is 1. The fourth-order valence-corrected chi connectivity index (χ4v) is 3.84. The number of ether oxygens (including phenoxy) is 1. The molecule has 1 aliphatic carbocycles. The Hall–Kier alpha value is -1.62. The maximum absolute atomic E-state index is 13.6. The first kappa shape index (κ1) is 16.2. The van der Waals surface area contributed by atoms with E-state index in [0.29, 0.717) is 24.9 Å². The molecule has 1 aromatic rings. The molecular weight excluding hydrogens is 295 g/mol. The number of benzene rings is 1. The normalized spacial score (nSPS) is 26.6. The van der Waals surface area contributed by atoms with Crippen LogP contribution in [0.2, 0.25) is 0 Å². The fraction of sp³-hybridized carbons (Fsp3) is 0.611. The molecular formula is C18H25FN2O2. The summed E-state index contributed by atoms with van der Waals surface area (Å²) in [5, 5.41) is 6.45. The van der Waals surface area contributed by atoms with Gasteiger partial charge in [-0.2, -0.15) is 0 Å². The minimum atomic E-state index is -0.363. The van der Waals surface area contributed by atoms with Gasteiger partial charge in [0.1, 0.15) is 0 Å².